The first-order valence-corrected chi connectivity index (χ1v) is 4.93. The Hall–Kier alpha value is -1.26. The van der Waals surface area contributed by atoms with Crippen molar-refractivity contribution in [3.05, 3.63) is 0 Å². The number of nitrogens with one attached hydrogen (secondary N) is 1. The maximum atomic E-state index is 11.8. The highest BCUT2D eigenvalue weighted by Gasteiger charge is 2.45. The van der Waals surface area contributed by atoms with Crippen LogP contribution in [0.1, 0.15) is 32.6 Å². The molecule has 0 aromatic heterocycles. The largest absolute Gasteiger partial charge is 0.409 e. The Morgan fingerprint density at radius 2 is 2.14 bits per heavy atom. The van der Waals surface area contributed by atoms with E-state index in [0.29, 0.717) is 19.4 Å². The SMILES string of the molecule is CCNC(=O)C1(/C(N)=N/O)CCCC1. The Balaban J connectivity index is 2.87. The summed E-state index contributed by atoms with van der Waals surface area (Å²) in [5.41, 5.74) is 4.82. The molecule has 4 N–H and O–H groups in total. The molecular formula is C9H17N3O2. The van der Waals surface area contributed by atoms with Crippen molar-refractivity contribution in [2.45, 2.75) is 32.6 Å². The maximum absolute atomic E-state index is 11.8. The van der Waals surface area contributed by atoms with Gasteiger partial charge in [-0.2, -0.15) is 0 Å². The number of rotatable bonds is 3. The number of hydrogen-bond donors (Lipinski definition) is 3. The van der Waals surface area contributed by atoms with E-state index in [-0.39, 0.29) is 11.7 Å². The zero-order valence-electron chi connectivity index (χ0n) is 8.42. The summed E-state index contributed by atoms with van der Waals surface area (Å²) in [6.45, 7) is 2.42. The fraction of sp³-hybridized carbons (Fsp3) is 0.778. The molecule has 1 amide bonds. The van der Waals surface area contributed by atoms with Gasteiger partial charge < -0.3 is 16.3 Å². The number of amides is 1. The molecule has 0 atom stereocenters. The monoisotopic (exact) mass is 199 g/mol. The van der Waals surface area contributed by atoms with Crippen LogP contribution in [-0.2, 0) is 4.79 Å². The Bertz CT molecular complexity index is 244. The number of amidine groups is 1. The van der Waals surface area contributed by atoms with Gasteiger partial charge in [-0.1, -0.05) is 18.0 Å². The minimum absolute atomic E-state index is 0.0425. The predicted octanol–water partition coefficient (Wildman–Crippen LogP) is 0.429. The second-order valence-corrected chi connectivity index (χ2v) is 3.63. The lowest BCUT2D eigenvalue weighted by molar-refractivity contribution is -0.127. The molecule has 0 unspecified atom stereocenters. The van der Waals surface area contributed by atoms with E-state index in [1.165, 1.54) is 0 Å². The lowest BCUT2D eigenvalue weighted by Crippen LogP contribution is -2.48. The van der Waals surface area contributed by atoms with Crippen LogP contribution in [0.5, 0.6) is 0 Å². The normalized spacial score (nSPS) is 20.8. The van der Waals surface area contributed by atoms with Crippen molar-refractivity contribution in [3.8, 4) is 0 Å². The minimum Gasteiger partial charge on any atom is -0.409 e. The summed E-state index contributed by atoms with van der Waals surface area (Å²) < 4.78 is 0. The smallest absolute Gasteiger partial charge is 0.233 e. The quantitative estimate of drug-likeness (QED) is 0.266. The molecule has 1 aliphatic rings. The molecule has 0 saturated heterocycles. The molecule has 0 bridgehead atoms. The number of carbonyl (C=O) groups is 1. The fourth-order valence-corrected chi connectivity index (χ4v) is 2.00. The summed E-state index contributed by atoms with van der Waals surface area (Å²) in [6.07, 6.45) is 3.25. The Morgan fingerprint density at radius 1 is 1.57 bits per heavy atom. The van der Waals surface area contributed by atoms with E-state index in [0.717, 1.165) is 12.8 Å². The van der Waals surface area contributed by atoms with Gasteiger partial charge in [0.1, 0.15) is 5.41 Å². The third-order valence-corrected chi connectivity index (χ3v) is 2.83. The molecule has 0 heterocycles. The van der Waals surface area contributed by atoms with Crippen LogP contribution in [0.2, 0.25) is 0 Å². The maximum Gasteiger partial charge on any atom is 0.233 e. The lowest BCUT2D eigenvalue weighted by Gasteiger charge is -2.25. The van der Waals surface area contributed by atoms with Crippen LogP contribution >= 0.6 is 0 Å². The van der Waals surface area contributed by atoms with E-state index in [2.05, 4.69) is 10.5 Å². The van der Waals surface area contributed by atoms with Gasteiger partial charge in [-0.25, -0.2) is 0 Å². The van der Waals surface area contributed by atoms with Gasteiger partial charge in [-0.3, -0.25) is 4.79 Å². The molecule has 80 valence electrons. The molecule has 0 aliphatic heterocycles. The first kappa shape index (κ1) is 10.8. The molecular weight excluding hydrogens is 182 g/mol. The Kier molecular flexibility index (Phi) is 3.33. The van der Waals surface area contributed by atoms with Crippen molar-refractivity contribution >= 4 is 11.7 Å². The van der Waals surface area contributed by atoms with E-state index >= 15 is 0 Å². The molecule has 1 rings (SSSR count). The first-order valence-electron chi connectivity index (χ1n) is 4.93. The molecule has 0 aromatic carbocycles. The van der Waals surface area contributed by atoms with Gasteiger partial charge in [0.15, 0.2) is 5.84 Å². The summed E-state index contributed by atoms with van der Waals surface area (Å²) in [5, 5.41) is 14.4. The van der Waals surface area contributed by atoms with Gasteiger partial charge in [0.05, 0.1) is 0 Å². The zero-order chi connectivity index (χ0) is 10.6. The van der Waals surface area contributed by atoms with Crippen LogP contribution in [0, 0.1) is 5.41 Å². The minimum atomic E-state index is -0.759. The molecule has 1 saturated carbocycles. The summed E-state index contributed by atoms with van der Waals surface area (Å²) in [5.74, 6) is -0.0752. The van der Waals surface area contributed by atoms with Crippen LogP contribution in [0.25, 0.3) is 0 Å². The fourth-order valence-electron chi connectivity index (χ4n) is 2.00. The van der Waals surface area contributed by atoms with Crippen molar-refractivity contribution < 1.29 is 10.0 Å². The van der Waals surface area contributed by atoms with Crippen LogP contribution in [-0.4, -0.2) is 23.5 Å². The molecule has 0 aromatic rings. The van der Waals surface area contributed by atoms with Crippen molar-refractivity contribution in [2.24, 2.45) is 16.3 Å². The highest BCUT2D eigenvalue weighted by Crippen LogP contribution is 2.38. The molecule has 14 heavy (non-hydrogen) atoms. The molecule has 0 radical (unpaired) electrons. The van der Waals surface area contributed by atoms with Crippen molar-refractivity contribution in [2.75, 3.05) is 6.54 Å². The van der Waals surface area contributed by atoms with E-state index in [4.69, 9.17) is 10.9 Å². The second-order valence-electron chi connectivity index (χ2n) is 3.63. The van der Waals surface area contributed by atoms with Crippen LogP contribution in [0.15, 0.2) is 5.16 Å². The second kappa shape index (κ2) is 4.30. The lowest BCUT2D eigenvalue weighted by atomic mass is 9.84. The Morgan fingerprint density at radius 3 is 2.57 bits per heavy atom. The van der Waals surface area contributed by atoms with Crippen molar-refractivity contribution in [1.82, 2.24) is 5.32 Å². The molecule has 5 heteroatoms. The van der Waals surface area contributed by atoms with E-state index in [1.54, 1.807) is 0 Å². The van der Waals surface area contributed by atoms with Crippen LogP contribution in [0.3, 0.4) is 0 Å². The standard InChI is InChI=1S/C9H17N3O2/c1-2-11-8(13)9(7(10)12-14)5-3-4-6-9/h14H,2-6H2,1H3,(H2,10,12)(H,11,13). The van der Waals surface area contributed by atoms with Gasteiger partial charge >= 0.3 is 0 Å². The molecule has 1 fully saturated rings. The topological polar surface area (TPSA) is 87.7 Å². The number of carbonyl (C=O) groups excluding carboxylic acids is 1. The van der Waals surface area contributed by atoms with Crippen LogP contribution < -0.4 is 11.1 Å². The predicted molar refractivity (Wildman–Crippen MR) is 53.0 cm³/mol. The van der Waals surface area contributed by atoms with E-state index < -0.39 is 5.41 Å². The third-order valence-electron chi connectivity index (χ3n) is 2.83. The van der Waals surface area contributed by atoms with Gasteiger partial charge in [0, 0.05) is 6.54 Å². The molecule has 1 aliphatic carbocycles. The van der Waals surface area contributed by atoms with E-state index in [1.807, 2.05) is 6.92 Å². The number of nitrogens with zero attached hydrogens (tertiary/aromatic N) is 1. The summed E-state index contributed by atoms with van der Waals surface area (Å²) in [6, 6.07) is 0. The Labute approximate surface area is 83.3 Å². The van der Waals surface area contributed by atoms with Gasteiger partial charge in [0.25, 0.3) is 0 Å². The molecule has 0 spiro atoms. The number of nitrogens with two attached hydrogens (primary N) is 1. The van der Waals surface area contributed by atoms with Crippen LogP contribution in [0.4, 0.5) is 0 Å². The van der Waals surface area contributed by atoms with Crippen molar-refractivity contribution in [1.29, 1.82) is 0 Å². The summed E-state index contributed by atoms with van der Waals surface area (Å²) >= 11 is 0. The summed E-state index contributed by atoms with van der Waals surface area (Å²) in [7, 11) is 0. The molecule has 5 nitrogen and oxygen atoms in total. The van der Waals surface area contributed by atoms with E-state index in [9.17, 15) is 4.79 Å². The number of hydrogen-bond acceptors (Lipinski definition) is 3. The van der Waals surface area contributed by atoms with Gasteiger partial charge in [0.2, 0.25) is 5.91 Å². The third kappa shape index (κ3) is 1.66. The van der Waals surface area contributed by atoms with Gasteiger partial charge in [-0.15, -0.1) is 0 Å². The highest BCUT2D eigenvalue weighted by atomic mass is 16.4. The zero-order valence-corrected chi connectivity index (χ0v) is 8.42. The van der Waals surface area contributed by atoms with Crippen molar-refractivity contribution in [3.63, 3.8) is 0 Å². The number of oxime groups is 1. The average Bonchev–Trinajstić information content (AvgIpc) is 2.67. The first-order chi connectivity index (χ1) is 6.67. The van der Waals surface area contributed by atoms with Gasteiger partial charge in [-0.05, 0) is 19.8 Å². The average molecular weight is 199 g/mol. The summed E-state index contributed by atoms with van der Waals surface area (Å²) in [4.78, 5) is 11.8. The highest BCUT2D eigenvalue weighted by molar-refractivity contribution is 6.06.